The van der Waals surface area contributed by atoms with Crippen LogP contribution in [0.25, 0.3) is 0 Å². The van der Waals surface area contributed by atoms with Crippen LogP contribution in [0.3, 0.4) is 0 Å². The van der Waals surface area contributed by atoms with E-state index in [1.165, 1.54) is 0 Å². The summed E-state index contributed by atoms with van der Waals surface area (Å²) >= 11 is 0. The summed E-state index contributed by atoms with van der Waals surface area (Å²) in [4.78, 5) is 46.4. The lowest BCUT2D eigenvalue weighted by atomic mass is 10.1. The molecular weight excluding hydrogens is 266 g/mol. The molecule has 0 aromatic carbocycles. The maximum atomic E-state index is 12.0. The Morgan fingerprint density at radius 1 is 1.45 bits per heavy atom. The Morgan fingerprint density at radius 3 is 2.60 bits per heavy atom. The first-order chi connectivity index (χ1) is 9.29. The first kappa shape index (κ1) is 15.9. The summed E-state index contributed by atoms with van der Waals surface area (Å²) in [6, 6.07) is -1.42. The normalized spacial score (nSPS) is 18.6. The Kier molecular flexibility index (Phi) is 5.48. The minimum absolute atomic E-state index is 0.0989. The van der Waals surface area contributed by atoms with E-state index in [4.69, 9.17) is 5.11 Å². The number of nitrogens with one attached hydrogen (secondary N) is 2. The molecule has 0 aromatic heterocycles. The van der Waals surface area contributed by atoms with Crippen LogP contribution in [-0.4, -0.2) is 53.0 Å². The molecule has 1 rings (SSSR count). The maximum absolute atomic E-state index is 12.0. The maximum Gasteiger partial charge on any atom is 0.323 e. The van der Waals surface area contributed by atoms with Gasteiger partial charge in [0.05, 0.1) is 0 Å². The molecule has 1 heterocycles. The number of hydrogen-bond donors (Lipinski definition) is 3. The summed E-state index contributed by atoms with van der Waals surface area (Å²) in [5.41, 5.74) is 0. The average molecular weight is 285 g/mol. The third kappa shape index (κ3) is 4.87. The third-order valence-corrected chi connectivity index (χ3v) is 2.74. The van der Waals surface area contributed by atoms with Crippen LogP contribution in [0.4, 0.5) is 4.79 Å². The average Bonchev–Trinajstić information content (AvgIpc) is 2.30. The van der Waals surface area contributed by atoms with Gasteiger partial charge in [-0.3, -0.25) is 19.7 Å². The highest BCUT2D eigenvalue weighted by molar-refractivity contribution is 6.01. The lowest BCUT2D eigenvalue weighted by molar-refractivity contribution is -0.137. The quantitative estimate of drug-likeness (QED) is 0.591. The molecule has 112 valence electrons. The lowest BCUT2D eigenvalue weighted by Crippen LogP contribution is -2.56. The zero-order valence-electron chi connectivity index (χ0n) is 11.5. The molecule has 20 heavy (non-hydrogen) atoms. The predicted octanol–water partition coefficient (Wildman–Crippen LogP) is -0.456. The molecule has 8 nitrogen and oxygen atoms in total. The van der Waals surface area contributed by atoms with Crippen LogP contribution in [0.1, 0.15) is 26.7 Å². The van der Waals surface area contributed by atoms with Crippen LogP contribution in [0.5, 0.6) is 0 Å². The summed E-state index contributed by atoms with van der Waals surface area (Å²) in [6.45, 7) is 3.55. The van der Waals surface area contributed by atoms with Crippen molar-refractivity contribution < 1.29 is 24.3 Å². The molecule has 0 radical (unpaired) electrons. The van der Waals surface area contributed by atoms with Gasteiger partial charge in [-0.05, 0) is 12.3 Å². The Hall–Kier alpha value is -2.12. The highest BCUT2D eigenvalue weighted by atomic mass is 16.4. The van der Waals surface area contributed by atoms with Crippen molar-refractivity contribution in [3.63, 3.8) is 0 Å². The Labute approximate surface area is 116 Å². The molecule has 1 saturated heterocycles. The summed E-state index contributed by atoms with van der Waals surface area (Å²) in [5, 5.41) is 13.4. The van der Waals surface area contributed by atoms with Crippen LogP contribution in [0, 0.1) is 5.92 Å². The van der Waals surface area contributed by atoms with Gasteiger partial charge < -0.3 is 15.3 Å². The largest absolute Gasteiger partial charge is 0.480 e. The van der Waals surface area contributed by atoms with Crippen LogP contribution >= 0.6 is 0 Å². The van der Waals surface area contributed by atoms with E-state index in [2.05, 4.69) is 10.6 Å². The first-order valence-electron chi connectivity index (χ1n) is 6.40. The second-order valence-electron chi connectivity index (χ2n) is 5.12. The summed E-state index contributed by atoms with van der Waals surface area (Å²) in [5.74, 6) is -1.95. The molecule has 1 unspecified atom stereocenters. The SMILES string of the molecule is CC(C)CN(CC(=O)O)C(=O)NC1CCC(=O)NC1=O. The number of carbonyl (C=O) groups excluding carboxylic acids is 3. The van der Waals surface area contributed by atoms with Crippen LogP contribution < -0.4 is 10.6 Å². The fraction of sp³-hybridized carbons (Fsp3) is 0.667. The number of aliphatic carboxylic acids is 1. The molecular formula is C12H19N3O5. The van der Waals surface area contributed by atoms with Gasteiger partial charge in [0.15, 0.2) is 0 Å². The Balaban J connectivity index is 2.63. The second-order valence-corrected chi connectivity index (χ2v) is 5.12. The van der Waals surface area contributed by atoms with Gasteiger partial charge in [0.25, 0.3) is 0 Å². The van der Waals surface area contributed by atoms with E-state index in [1.54, 1.807) is 0 Å². The molecule has 1 aliphatic rings. The number of piperidine rings is 1. The van der Waals surface area contributed by atoms with Gasteiger partial charge in [0.1, 0.15) is 12.6 Å². The molecule has 3 N–H and O–H groups in total. The first-order valence-corrected chi connectivity index (χ1v) is 6.40. The van der Waals surface area contributed by atoms with Gasteiger partial charge in [-0.2, -0.15) is 0 Å². The molecule has 4 amide bonds. The zero-order chi connectivity index (χ0) is 15.3. The minimum Gasteiger partial charge on any atom is -0.480 e. The number of urea groups is 1. The lowest BCUT2D eigenvalue weighted by Gasteiger charge is -2.27. The van der Waals surface area contributed by atoms with Crippen molar-refractivity contribution in [1.82, 2.24) is 15.5 Å². The summed E-state index contributed by atoms with van der Waals surface area (Å²) in [7, 11) is 0. The Morgan fingerprint density at radius 2 is 2.10 bits per heavy atom. The summed E-state index contributed by atoms with van der Waals surface area (Å²) in [6.07, 6.45) is 0.374. The highest BCUT2D eigenvalue weighted by Gasteiger charge is 2.29. The molecule has 0 aromatic rings. The van der Waals surface area contributed by atoms with Crippen LogP contribution in [0.15, 0.2) is 0 Å². The zero-order valence-corrected chi connectivity index (χ0v) is 11.5. The molecule has 0 spiro atoms. The molecule has 8 heteroatoms. The number of carboxylic acids is 1. The topological polar surface area (TPSA) is 116 Å². The number of imide groups is 1. The molecule has 0 saturated carbocycles. The van der Waals surface area contributed by atoms with Crippen molar-refractivity contribution in [3.05, 3.63) is 0 Å². The fourth-order valence-electron chi connectivity index (χ4n) is 1.89. The van der Waals surface area contributed by atoms with Gasteiger partial charge in [0, 0.05) is 13.0 Å². The third-order valence-electron chi connectivity index (χ3n) is 2.74. The number of rotatable bonds is 5. The van der Waals surface area contributed by atoms with Gasteiger partial charge in [0.2, 0.25) is 11.8 Å². The molecule has 1 fully saturated rings. The highest BCUT2D eigenvalue weighted by Crippen LogP contribution is 2.06. The number of nitrogens with zero attached hydrogens (tertiary/aromatic N) is 1. The van der Waals surface area contributed by atoms with Crippen molar-refractivity contribution in [2.75, 3.05) is 13.1 Å². The fourth-order valence-corrected chi connectivity index (χ4v) is 1.89. The molecule has 1 aliphatic heterocycles. The van der Waals surface area contributed by atoms with Crippen molar-refractivity contribution in [1.29, 1.82) is 0 Å². The number of amides is 4. The molecule has 0 bridgehead atoms. The predicted molar refractivity (Wildman–Crippen MR) is 68.8 cm³/mol. The van der Waals surface area contributed by atoms with E-state index in [9.17, 15) is 19.2 Å². The second kappa shape index (κ2) is 6.88. The van der Waals surface area contributed by atoms with Crippen LogP contribution in [0.2, 0.25) is 0 Å². The van der Waals surface area contributed by atoms with Crippen molar-refractivity contribution in [3.8, 4) is 0 Å². The van der Waals surface area contributed by atoms with E-state index in [0.29, 0.717) is 0 Å². The van der Waals surface area contributed by atoms with Gasteiger partial charge >= 0.3 is 12.0 Å². The minimum atomic E-state index is -1.12. The van der Waals surface area contributed by atoms with Crippen molar-refractivity contribution in [2.24, 2.45) is 5.92 Å². The molecule has 1 atom stereocenters. The van der Waals surface area contributed by atoms with E-state index in [0.717, 1.165) is 4.90 Å². The summed E-state index contributed by atoms with van der Waals surface area (Å²) < 4.78 is 0. The van der Waals surface area contributed by atoms with E-state index >= 15 is 0 Å². The van der Waals surface area contributed by atoms with E-state index < -0.39 is 30.5 Å². The van der Waals surface area contributed by atoms with E-state index in [1.807, 2.05) is 13.8 Å². The van der Waals surface area contributed by atoms with E-state index in [-0.39, 0.29) is 31.2 Å². The number of carbonyl (C=O) groups is 4. The van der Waals surface area contributed by atoms with Crippen molar-refractivity contribution in [2.45, 2.75) is 32.7 Å². The smallest absolute Gasteiger partial charge is 0.323 e. The van der Waals surface area contributed by atoms with Gasteiger partial charge in [-0.1, -0.05) is 13.8 Å². The standard InChI is InChI=1S/C12H19N3O5/c1-7(2)5-15(6-10(17)18)12(20)13-8-3-4-9(16)14-11(8)19/h7-8H,3-6H2,1-2H3,(H,13,20)(H,17,18)(H,14,16,19). The van der Waals surface area contributed by atoms with Gasteiger partial charge in [-0.25, -0.2) is 4.79 Å². The number of carboxylic acid groups (broad SMARTS) is 1. The number of hydrogen-bond acceptors (Lipinski definition) is 4. The van der Waals surface area contributed by atoms with Gasteiger partial charge in [-0.15, -0.1) is 0 Å². The van der Waals surface area contributed by atoms with Crippen molar-refractivity contribution >= 4 is 23.8 Å². The van der Waals surface area contributed by atoms with Crippen LogP contribution in [-0.2, 0) is 14.4 Å². The molecule has 0 aliphatic carbocycles. The Bertz CT molecular complexity index is 421. The monoisotopic (exact) mass is 285 g/mol.